The molecule has 9 heteroatoms. The molecule has 0 atom stereocenters. The normalized spacial score (nSPS) is 10.0. The summed E-state index contributed by atoms with van der Waals surface area (Å²) in [5.74, 6) is 11.6. The van der Waals surface area contributed by atoms with Crippen LogP contribution in [0.15, 0.2) is 36.4 Å². The van der Waals surface area contributed by atoms with Gasteiger partial charge in [-0.3, -0.25) is 0 Å². The second-order valence-corrected chi connectivity index (χ2v) is 20.1. The zero-order valence-electron chi connectivity index (χ0n) is 27.8. The Labute approximate surface area is 295 Å². The summed E-state index contributed by atoms with van der Waals surface area (Å²) in [6.45, 7) is 3.50. The van der Waals surface area contributed by atoms with Gasteiger partial charge in [0, 0.05) is 0 Å². The van der Waals surface area contributed by atoms with Crippen LogP contribution in [-0.2, 0) is 6.15 Å². The predicted octanol–water partition coefficient (Wildman–Crippen LogP) is 5.12. The monoisotopic (exact) mass is 762 g/mol. The molecule has 2 amide bonds. The van der Waals surface area contributed by atoms with E-state index in [0.717, 1.165) is 12.8 Å². The van der Waals surface area contributed by atoms with Crippen LogP contribution in [0.4, 0.5) is 0 Å². The number of amides is 2. The Hall–Kier alpha value is -5.52. The first-order valence-electron chi connectivity index (χ1n) is 15.6. The van der Waals surface area contributed by atoms with Crippen molar-refractivity contribution in [1.29, 1.82) is 0 Å². The Bertz CT molecular complexity index is 1650. The van der Waals surface area contributed by atoms with Crippen molar-refractivity contribution in [2.45, 2.75) is 48.4 Å². The van der Waals surface area contributed by atoms with Crippen molar-refractivity contribution in [3.05, 3.63) is 69.8 Å². The quantitative estimate of drug-likeness (QED) is 0.174. The fourth-order valence-corrected chi connectivity index (χ4v) is 14.5. The average Bonchev–Trinajstić information content (AvgIpc) is 3.11. The van der Waals surface area contributed by atoms with Gasteiger partial charge < -0.3 is 0 Å². The molecule has 0 bridgehead atoms. The van der Waals surface area contributed by atoms with Gasteiger partial charge in [-0.15, -0.1) is 0 Å². The maximum absolute atomic E-state index is 14.1. The van der Waals surface area contributed by atoms with E-state index in [-0.39, 0.29) is 48.4 Å². The van der Waals surface area contributed by atoms with E-state index in [1.165, 1.54) is 46.2 Å². The third kappa shape index (κ3) is 10.7. The number of unbranched alkanes of at least 4 members (excludes halogenated alkanes) is 2. The number of terminal acetylenes is 6. The fraction of sp³-hybridized carbons (Fsp3) is 0.300. The molecule has 49 heavy (non-hydrogen) atoms. The van der Waals surface area contributed by atoms with Crippen LogP contribution in [-0.4, -0.2) is 78.9 Å². The minimum absolute atomic E-state index is 0.0525. The Morgan fingerprint density at radius 1 is 0.592 bits per heavy atom. The maximum atomic E-state index is 14.1. The van der Waals surface area contributed by atoms with Crippen LogP contribution < -0.4 is 0 Å². The molecule has 0 saturated heterocycles. The molecule has 0 aliphatic heterocycles. The SMILES string of the molecule is C#CCN(CC#C)C(=O)c1cc(C#C)ccc1C(=O)[O][Sn]([CH2]CCC)([CH2]CCC)[O]C(=O)c1ccc(C#C)cc1C(=O)N(CC#C)CC#C. The van der Waals surface area contributed by atoms with Crippen LogP contribution in [0.2, 0.25) is 8.87 Å². The van der Waals surface area contributed by atoms with E-state index in [4.69, 9.17) is 44.7 Å². The van der Waals surface area contributed by atoms with E-state index >= 15 is 0 Å². The molecule has 0 aliphatic rings. The molecule has 8 nitrogen and oxygen atoms in total. The first-order valence-corrected chi connectivity index (χ1v) is 22.0. The molecule has 2 aromatic rings. The van der Waals surface area contributed by atoms with Crippen molar-refractivity contribution in [1.82, 2.24) is 9.80 Å². The number of benzene rings is 2. The molecule has 0 aromatic heterocycles. The van der Waals surface area contributed by atoms with Gasteiger partial charge in [0.25, 0.3) is 0 Å². The predicted molar refractivity (Wildman–Crippen MR) is 192 cm³/mol. The number of hydrogen-bond acceptors (Lipinski definition) is 6. The zero-order valence-corrected chi connectivity index (χ0v) is 30.7. The van der Waals surface area contributed by atoms with Gasteiger partial charge in [-0.05, 0) is 0 Å². The molecular weight excluding hydrogens is 723 g/mol. The van der Waals surface area contributed by atoms with Crippen molar-refractivity contribution in [2.75, 3.05) is 26.2 Å². The summed E-state index contributed by atoms with van der Waals surface area (Å²) in [4.78, 5) is 57.8. The third-order valence-corrected chi connectivity index (χ3v) is 16.9. The van der Waals surface area contributed by atoms with Gasteiger partial charge in [0.2, 0.25) is 0 Å². The van der Waals surface area contributed by atoms with Crippen molar-refractivity contribution in [3.8, 4) is 74.1 Å². The van der Waals surface area contributed by atoms with Crippen LogP contribution in [0.1, 0.15) is 92.1 Å². The molecule has 0 N–H and O–H groups in total. The van der Waals surface area contributed by atoms with E-state index in [1.807, 2.05) is 13.8 Å². The summed E-state index contributed by atoms with van der Waals surface area (Å²) in [5.41, 5.74) is 0.418. The van der Waals surface area contributed by atoms with E-state index in [1.54, 1.807) is 0 Å². The Morgan fingerprint density at radius 2 is 0.939 bits per heavy atom. The number of nitrogens with zero attached hydrogens (tertiary/aromatic N) is 2. The van der Waals surface area contributed by atoms with Gasteiger partial charge in [-0.25, -0.2) is 0 Å². The van der Waals surface area contributed by atoms with Crippen molar-refractivity contribution in [3.63, 3.8) is 0 Å². The first-order chi connectivity index (χ1) is 23.6. The van der Waals surface area contributed by atoms with Crippen molar-refractivity contribution < 1.29 is 25.3 Å². The van der Waals surface area contributed by atoms with Crippen LogP contribution in [0, 0.1) is 74.1 Å². The van der Waals surface area contributed by atoms with Crippen LogP contribution in [0.25, 0.3) is 0 Å². The van der Waals surface area contributed by atoms with E-state index in [0.29, 0.717) is 32.8 Å². The van der Waals surface area contributed by atoms with Gasteiger partial charge in [0.1, 0.15) is 0 Å². The van der Waals surface area contributed by atoms with Crippen LogP contribution >= 0.6 is 0 Å². The Kier molecular flexibility index (Phi) is 16.2. The molecule has 2 aromatic carbocycles. The first kappa shape index (κ1) is 39.7. The summed E-state index contributed by atoms with van der Waals surface area (Å²) in [6.07, 6.45) is 35.7. The van der Waals surface area contributed by atoms with Crippen LogP contribution in [0.5, 0.6) is 0 Å². The van der Waals surface area contributed by atoms with Crippen molar-refractivity contribution in [2.24, 2.45) is 0 Å². The molecule has 0 aliphatic carbocycles. The van der Waals surface area contributed by atoms with E-state index in [9.17, 15) is 19.2 Å². The second-order valence-electron chi connectivity index (χ2n) is 10.8. The molecular formula is C40H38N2O6Sn. The van der Waals surface area contributed by atoms with Crippen LogP contribution in [0.3, 0.4) is 0 Å². The molecule has 0 heterocycles. The molecule has 248 valence electrons. The molecule has 0 saturated carbocycles. The fourth-order valence-electron chi connectivity index (χ4n) is 4.85. The topological polar surface area (TPSA) is 93.2 Å². The van der Waals surface area contributed by atoms with Gasteiger partial charge in [0.15, 0.2) is 0 Å². The van der Waals surface area contributed by atoms with Gasteiger partial charge in [0.05, 0.1) is 0 Å². The minimum atomic E-state index is -4.77. The molecule has 0 radical (unpaired) electrons. The standard InChI is InChI=1S/2C16H11NO3.2C4H9.Sn/c2*1-4-9-17(10-5-2)15(18)14-11-12(6-3)7-8-13(14)16(19)20;2*1-3-4-2;/h2*1-3,7-8,11H,9-10H2,(H,19,20);2*1,3-4H2,2H3;/q;;;;+2/p-2. The number of hydrogen-bond donors (Lipinski definition) is 0. The number of carbonyl (C=O) groups is 4. The van der Waals surface area contributed by atoms with Gasteiger partial charge in [-0.1, -0.05) is 0 Å². The molecule has 0 spiro atoms. The number of rotatable bonds is 16. The van der Waals surface area contributed by atoms with Gasteiger partial charge in [-0.2, -0.15) is 0 Å². The number of carbonyl (C=O) groups excluding carboxylic acids is 4. The summed E-state index contributed by atoms with van der Waals surface area (Å²) < 4.78 is 13.3. The zero-order chi connectivity index (χ0) is 36.4. The average molecular weight is 761 g/mol. The summed E-state index contributed by atoms with van der Waals surface area (Å²) in [5, 5.41) is 0. The molecule has 0 fully saturated rings. The second kappa shape index (κ2) is 20.0. The molecule has 0 unspecified atom stereocenters. The summed E-state index contributed by atoms with van der Waals surface area (Å²) in [6, 6.07) is 8.59. The third-order valence-electron chi connectivity index (χ3n) is 7.36. The summed E-state index contributed by atoms with van der Waals surface area (Å²) >= 11 is -4.77. The molecule has 2 rings (SSSR count). The van der Waals surface area contributed by atoms with Gasteiger partial charge >= 0.3 is 297 Å². The summed E-state index contributed by atoms with van der Waals surface area (Å²) in [7, 11) is 0. The van der Waals surface area contributed by atoms with Crippen molar-refractivity contribution >= 4 is 43.0 Å². The Balaban J connectivity index is 2.69. The van der Waals surface area contributed by atoms with E-state index in [2.05, 4.69) is 35.5 Å². The Morgan fingerprint density at radius 3 is 1.22 bits per heavy atom. The van der Waals surface area contributed by atoms with E-state index < -0.39 is 43.0 Å².